The zero-order chi connectivity index (χ0) is 20.5. The van der Waals surface area contributed by atoms with E-state index in [9.17, 15) is 28.6 Å². The third-order valence-electron chi connectivity index (χ3n) is 4.43. The van der Waals surface area contributed by atoms with Crippen LogP contribution in [0.25, 0.3) is 0 Å². The highest BCUT2D eigenvalue weighted by Crippen LogP contribution is 2.43. The molecule has 1 aliphatic carbocycles. The molecule has 0 heterocycles. The first-order valence-electron chi connectivity index (χ1n) is 8.37. The van der Waals surface area contributed by atoms with Crippen molar-refractivity contribution in [3.63, 3.8) is 0 Å². The van der Waals surface area contributed by atoms with Crippen LogP contribution in [0.2, 0.25) is 0 Å². The molecule has 0 N–H and O–H groups in total. The Hall–Kier alpha value is -2.72. The van der Waals surface area contributed by atoms with Crippen molar-refractivity contribution in [2.24, 2.45) is 5.92 Å². The van der Waals surface area contributed by atoms with Crippen LogP contribution in [-0.4, -0.2) is 24.8 Å². The number of anilines is 1. The maximum atomic E-state index is 11.7. The average molecular weight is 426 g/mol. The lowest BCUT2D eigenvalue weighted by molar-refractivity contribution is -0.393. The Bertz CT molecular complexity index is 989. The number of rotatable bonds is 8. The van der Waals surface area contributed by atoms with E-state index in [1.54, 1.807) is 17.0 Å². The molecule has 0 radical (unpaired) electrons. The lowest BCUT2D eigenvalue weighted by Crippen LogP contribution is -2.27. The van der Waals surface area contributed by atoms with Crippen molar-refractivity contribution >= 4 is 36.8 Å². The van der Waals surface area contributed by atoms with Crippen LogP contribution in [0, 0.1) is 26.1 Å². The Morgan fingerprint density at radius 3 is 2.00 bits per heavy atom. The second kappa shape index (κ2) is 7.72. The van der Waals surface area contributed by atoms with Gasteiger partial charge in [0.2, 0.25) is 0 Å². The van der Waals surface area contributed by atoms with Crippen molar-refractivity contribution in [3.05, 3.63) is 68.3 Å². The van der Waals surface area contributed by atoms with Crippen molar-refractivity contribution in [2.75, 3.05) is 11.4 Å². The van der Waals surface area contributed by atoms with Crippen LogP contribution in [0.5, 0.6) is 0 Å². The molecule has 9 nitrogen and oxygen atoms in total. The number of nitro groups is 2. The Morgan fingerprint density at radius 1 is 1.04 bits per heavy atom. The Kier molecular flexibility index (Phi) is 5.52. The summed E-state index contributed by atoms with van der Waals surface area (Å²) in [6, 6.07) is 10.6. The fourth-order valence-electron chi connectivity index (χ4n) is 2.97. The van der Waals surface area contributed by atoms with Crippen LogP contribution in [0.3, 0.4) is 0 Å². The normalized spacial score (nSPS) is 13.9. The molecule has 0 saturated heterocycles. The summed E-state index contributed by atoms with van der Waals surface area (Å²) in [5.41, 5.74) is -0.717. The summed E-state index contributed by atoms with van der Waals surface area (Å²) < 4.78 is 23.3. The molecule has 0 aromatic heterocycles. The molecule has 0 spiro atoms. The second-order valence-corrected chi connectivity index (χ2v) is 9.14. The molecule has 0 aliphatic heterocycles. The van der Waals surface area contributed by atoms with Crippen molar-refractivity contribution in [1.82, 2.24) is 0 Å². The van der Waals surface area contributed by atoms with Gasteiger partial charge in [-0.25, -0.2) is 8.42 Å². The van der Waals surface area contributed by atoms with Gasteiger partial charge in [-0.05, 0) is 24.3 Å². The highest BCUT2D eigenvalue weighted by atomic mass is 35.7. The highest BCUT2D eigenvalue weighted by Gasteiger charge is 2.36. The number of halogens is 1. The third kappa shape index (κ3) is 4.57. The SMILES string of the molecule is O=[N+]([O-])c1cc(S(=O)(=O)Cl)cc([N+](=O)[O-])c1N(Cc1ccccc1)CC1CC1. The predicted molar refractivity (Wildman–Crippen MR) is 103 cm³/mol. The van der Waals surface area contributed by atoms with Gasteiger partial charge in [0.25, 0.3) is 9.05 Å². The van der Waals surface area contributed by atoms with E-state index in [0.29, 0.717) is 6.54 Å². The van der Waals surface area contributed by atoms with E-state index in [0.717, 1.165) is 30.5 Å². The lowest BCUT2D eigenvalue weighted by atomic mass is 10.1. The molecule has 148 valence electrons. The summed E-state index contributed by atoms with van der Waals surface area (Å²) >= 11 is 0. The van der Waals surface area contributed by atoms with Crippen LogP contribution >= 0.6 is 10.7 Å². The van der Waals surface area contributed by atoms with Gasteiger partial charge >= 0.3 is 11.4 Å². The van der Waals surface area contributed by atoms with Gasteiger partial charge in [-0.3, -0.25) is 20.2 Å². The van der Waals surface area contributed by atoms with Crippen molar-refractivity contribution in [3.8, 4) is 0 Å². The van der Waals surface area contributed by atoms with E-state index >= 15 is 0 Å². The maximum absolute atomic E-state index is 11.7. The summed E-state index contributed by atoms with van der Waals surface area (Å²) in [6.45, 7) is 0.607. The quantitative estimate of drug-likeness (QED) is 0.357. The molecule has 1 fully saturated rings. The minimum atomic E-state index is -4.38. The smallest absolute Gasteiger partial charge is 0.301 e. The summed E-state index contributed by atoms with van der Waals surface area (Å²) in [5.74, 6) is 0.277. The van der Waals surface area contributed by atoms with Crippen LogP contribution in [0.1, 0.15) is 18.4 Å². The maximum Gasteiger partial charge on any atom is 0.301 e. The van der Waals surface area contributed by atoms with Crippen LogP contribution in [0.15, 0.2) is 47.4 Å². The summed E-state index contributed by atoms with van der Waals surface area (Å²) in [5, 5.41) is 23.3. The molecule has 11 heteroatoms. The van der Waals surface area contributed by atoms with Gasteiger partial charge in [-0.2, -0.15) is 0 Å². The predicted octanol–water partition coefficient (Wildman–Crippen LogP) is 3.85. The average Bonchev–Trinajstić information content (AvgIpc) is 3.44. The first kappa shape index (κ1) is 20.0. The fourth-order valence-corrected chi connectivity index (χ4v) is 3.75. The first-order chi connectivity index (χ1) is 13.2. The molecule has 0 bridgehead atoms. The third-order valence-corrected chi connectivity index (χ3v) is 5.76. The molecule has 3 rings (SSSR count). The van der Waals surface area contributed by atoms with Crippen LogP contribution in [0.4, 0.5) is 17.1 Å². The van der Waals surface area contributed by atoms with E-state index in [4.69, 9.17) is 10.7 Å². The Labute approximate surface area is 165 Å². The molecular formula is C17H16ClN3O6S. The minimum Gasteiger partial charge on any atom is -0.356 e. The molecule has 2 aromatic carbocycles. The Morgan fingerprint density at radius 2 is 1.57 bits per heavy atom. The van der Waals surface area contributed by atoms with E-state index in [1.165, 1.54) is 0 Å². The van der Waals surface area contributed by atoms with Crippen LogP contribution < -0.4 is 4.90 Å². The van der Waals surface area contributed by atoms with E-state index in [-0.39, 0.29) is 18.2 Å². The number of benzene rings is 2. The molecular weight excluding hydrogens is 410 g/mol. The highest BCUT2D eigenvalue weighted by molar-refractivity contribution is 8.13. The molecule has 0 amide bonds. The molecule has 0 unspecified atom stereocenters. The lowest BCUT2D eigenvalue weighted by Gasteiger charge is -2.24. The molecule has 1 saturated carbocycles. The largest absolute Gasteiger partial charge is 0.356 e. The van der Waals surface area contributed by atoms with E-state index < -0.39 is 35.2 Å². The summed E-state index contributed by atoms with van der Waals surface area (Å²) in [4.78, 5) is 22.6. The van der Waals surface area contributed by atoms with Gasteiger partial charge in [0.1, 0.15) is 0 Å². The fraction of sp³-hybridized carbons (Fsp3) is 0.294. The number of hydrogen-bond acceptors (Lipinski definition) is 7. The topological polar surface area (TPSA) is 124 Å². The zero-order valence-corrected chi connectivity index (χ0v) is 16.1. The number of nitrogens with zero attached hydrogens (tertiary/aromatic N) is 3. The van der Waals surface area contributed by atoms with Gasteiger partial charge in [0.15, 0.2) is 5.69 Å². The van der Waals surface area contributed by atoms with Gasteiger partial charge in [-0.15, -0.1) is 0 Å². The zero-order valence-electron chi connectivity index (χ0n) is 14.5. The van der Waals surface area contributed by atoms with Crippen molar-refractivity contribution in [1.29, 1.82) is 0 Å². The molecule has 2 aromatic rings. The standard InChI is InChI=1S/C17H16ClN3O6S/c18-28(26,27)14-8-15(20(22)23)17(16(9-14)21(24)25)19(11-13-6-7-13)10-12-4-2-1-3-5-12/h1-5,8-9,13H,6-7,10-11H2. The second-order valence-electron chi connectivity index (χ2n) is 6.57. The molecule has 1 aliphatic rings. The number of nitro benzene ring substituents is 2. The monoisotopic (exact) mass is 425 g/mol. The number of hydrogen-bond donors (Lipinski definition) is 0. The van der Waals surface area contributed by atoms with Gasteiger partial charge in [0, 0.05) is 35.9 Å². The van der Waals surface area contributed by atoms with E-state index in [1.807, 2.05) is 18.2 Å². The summed E-state index contributed by atoms with van der Waals surface area (Å²) in [6.07, 6.45) is 1.86. The van der Waals surface area contributed by atoms with Crippen LogP contribution in [-0.2, 0) is 15.6 Å². The first-order valence-corrected chi connectivity index (χ1v) is 10.7. The minimum absolute atomic E-state index is 0.213. The van der Waals surface area contributed by atoms with Gasteiger partial charge in [0.05, 0.1) is 14.7 Å². The van der Waals surface area contributed by atoms with Gasteiger partial charge in [-0.1, -0.05) is 30.3 Å². The summed E-state index contributed by atoms with van der Waals surface area (Å²) in [7, 11) is 0.899. The van der Waals surface area contributed by atoms with Crippen molar-refractivity contribution < 1.29 is 18.3 Å². The van der Waals surface area contributed by atoms with Gasteiger partial charge < -0.3 is 4.90 Å². The van der Waals surface area contributed by atoms with Crippen molar-refractivity contribution in [2.45, 2.75) is 24.3 Å². The Balaban J connectivity index is 2.19. The molecule has 28 heavy (non-hydrogen) atoms. The van der Waals surface area contributed by atoms with E-state index in [2.05, 4.69) is 0 Å². The molecule has 0 atom stereocenters.